The Balaban J connectivity index is 1.97. The molecule has 3 rings (SSSR count). The summed E-state index contributed by atoms with van der Waals surface area (Å²) in [6.07, 6.45) is 4.82. The van der Waals surface area contributed by atoms with Gasteiger partial charge in [0.2, 0.25) is 10.0 Å². The molecule has 0 bridgehead atoms. The summed E-state index contributed by atoms with van der Waals surface area (Å²) >= 11 is 0. The zero-order valence-electron chi connectivity index (χ0n) is 13.0. The molecule has 1 aliphatic carbocycles. The van der Waals surface area contributed by atoms with Gasteiger partial charge in [-0.3, -0.25) is 9.67 Å². The maximum absolute atomic E-state index is 12.9. The third kappa shape index (κ3) is 2.66. The molecule has 0 aromatic carbocycles. The fourth-order valence-electron chi connectivity index (χ4n) is 2.61. The quantitative estimate of drug-likeness (QED) is 0.842. The lowest BCUT2D eigenvalue weighted by Gasteiger charge is -2.22. The molecular weight excluding hydrogens is 300 g/mol. The van der Waals surface area contributed by atoms with Crippen LogP contribution in [0.4, 0.5) is 0 Å². The Morgan fingerprint density at radius 2 is 2.09 bits per heavy atom. The van der Waals surface area contributed by atoms with E-state index in [0.717, 1.165) is 29.8 Å². The summed E-state index contributed by atoms with van der Waals surface area (Å²) in [6, 6.07) is 3.34. The van der Waals surface area contributed by atoms with Crippen molar-refractivity contribution >= 4 is 10.0 Å². The molecule has 7 heteroatoms. The Morgan fingerprint density at radius 3 is 2.59 bits per heavy atom. The minimum Gasteiger partial charge on any atom is -0.272 e. The first-order valence-corrected chi connectivity index (χ1v) is 8.76. The predicted octanol–water partition coefficient (Wildman–Crippen LogP) is 1.79. The van der Waals surface area contributed by atoms with Gasteiger partial charge in [0.25, 0.3) is 0 Å². The zero-order chi connectivity index (χ0) is 15.9. The molecule has 1 saturated carbocycles. The molecule has 2 aromatic heterocycles. The summed E-state index contributed by atoms with van der Waals surface area (Å²) in [5.41, 5.74) is 2.87. The zero-order valence-corrected chi connectivity index (χ0v) is 13.8. The van der Waals surface area contributed by atoms with Crippen LogP contribution in [0.1, 0.15) is 29.8 Å². The first kappa shape index (κ1) is 15.2. The van der Waals surface area contributed by atoms with Gasteiger partial charge in [0, 0.05) is 43.3 Å². The van der Waals surface area contributed by atoms with Crippen LogP contribution in [-0.4, -0.2) is 33.5 Å². The number of hydrogen-bond acceptors (Lipinski definition) is 4. The molecule has 2 heterocycles. The highest BCUT2D eigenvalue weighted by molar-refractivity contribution is 7.89. The van der Waals surface area contributed by atoms with Gasteiger partial charge in [-0.05, 0) is 38.8 Å². The van der Waals surface area contributed by atoms with Gasteiger partial charge in [-0.25, -0.2) is 8.42 Å². The number of aromatic nitrogens is 3. The second-order valence-electron chi connectivity index (χ2n) is 5.74. The van der Waals surface area contributed by atoms with Crippen molar-refractivity contribution in [2.75, 3.05) is 0 Å². The van der Waals surface area contributed by atoms with Crippen LogP contribution in [0.15, 0.2) is 29.4 Å². The summed E-state index contributed by atoms with van der Waals surface area (Å²) < 4.78 is 29.2. The number of rotatable bonds is 5. The first-order valence-electron chi connectivity index (χ1n) is 7.32. The monoisotopic (exact) mass is 320 g/mol. The predicted molar refractivity (Wildman–Crippen MR) is 82.7 cm³/mol. The molecule has 0 radical (unpaired) electrons. The van der Waals surface area contributed by atoms with E-state index in [4.69, 9.17) is 0 Å². The molecule has 0 N–H and O–H groups in total. The number of hydrogen-bond donors (Lipinski definition) is 0. The summed E-state index contributed by atoms with van der Waals surface area (Å²) in [6.45, 7) is 4.26. The average molecular weight is 320 g/mol. The molecule has 118 valence electrons. The van der Waals surface area contributed by atoms with Crippen LogP contribution in [0.25, 0.3) is 0 Å². The van der Waals surface area contributed by atoms with Gasteiger partial charge in [0.05, 0.1) is 5.69 Å². The van der Waals surface area contributed by atoms with Crippen LogP contribution < -0.4 is 0 Å². The van der Waals surface area contributed by atoms with Crippen LogP contribution in [0.2, 0.25) is 0 Å². The van der Waals surface area contributed by atoms with E-state index in [9.17, 15) is 8.42 Å². The Kier molecular flexibility index (Phi) is 3.78. The number of sulfonamides is 1. The van der Waals surface area contributed by atoms with Crippen LogP contribution in [0, 0.1) is 13.8 Å². The fraction of sp³-hybridized carbons (Fsp3) is 0.467. The third-order valence-corrected chi connectivity index (χ3v) is 6.05. The van der Waals surface area contributed by atoms with E-state index in [2.05, 4.69) is 10.1 Å². The average Bonchev–Trinajstić information content (AvgIpc) is 3.29. The van der Waals surface area contributed by atoms with E-state index in [1.165, 1.54) is 6.20 Å². The molecule has 0 aliphatic heterocycles. The van der Waals surface area contributed by atoms with Crippen molar-refractivity contribution in [1.82, 2.24) is 19.1 Å². The summed E-state index contributed by atoms with van der Waals surface area (Å²) in [4.78, 5) is 4.19. The van der Waals surface area contributed by atoms with Gasteiger partial charge in [-0.2, -0.15) is 9.40 Å². The van der Waals surface area contributed by atoms with Crippen LogP contribution in [0.3, 0.4) is 0 Å². The molecule has 22 heavy (non-hydrogen) atoms. The Hall–Kier alpha value is -1.73. The molecule has 0 atom stereocenters. The van der Waals surface area contributed by atoms with Crippen molar-refractivity contribution in [3.8, 4) is 0 Å². The highest BCUT2D eigenvalue weighted by atomic mass is 32.2. The Labute approximate surface area is 130 Å². The first-order chi connectivity index (χ1) is 10.4. The van der Waals surface area contributed by atoms with Gasteiger partial charge >= 0.3 is 0 Å². The molecule has 6 nitrogen and oxygen atoms in total. The summed E-state index contributed by atoms with van der Waals surface area (Å²) in [7, 11) is -1.65. The van der Waals surface area contributed by atoms with Gasteiger partial charge in [0.15, 0.2) is 0 Å². The summed E-state index contributed by atoms with van der Waals surface area (Å²) in [5.74, 6) is 0. The van der Waals surface area contributed by atoms with E-state index < -0.39 is 10.0 Å². The lowest BCUT2D eigenvalue weighted by atomic mass is 10.2. The van der Waals surface area contributed by atoms with Crippen molar-refractivity contribution in [1.29, 1.82) is 0 Å². The largest absolute Gasteiger partial charge is 0.272 e. The van der Waals surface area contributed by atoms with E-state index in [-0.39, 0.29) is 10.9 Å². The van der Waals surface area contributed by atoms with Gasteiger partial charge in [-0.15, -0.1) is 0 Å². The second-order valence-corrected chi connectivity index (χ2v) is 7.63. The lowest BCUT2D eigenvalue weighted by molar-refractivity contribution is 0.397. The normalized spacial score (nSPS) is 15.5. The lowest BCUT2D eigenvalue weighted by Crippen LogP contribution is -2.33. The molecular formula is C15H20N4O2S. The van der Waals surface area contributed by atoms with Gasteiger partial charge in [0.1, 0.15) is 4.90 Å². The molecule has 1 aliphatic rings. The SMILES string of the molecule is Cc1nn(C)c(C)c1CN(C1CC1)S(=O)(=O)c1cccnc1. The Bertz CT molecular complexity index is 779. The third-order valence-electron chi connectivity index (χ3n) is 4.17. The molecule has 2 aromatic rings. The van der Waals surface area contributed by atoms with Crippen molar-refractivity contribution in [3.63, 3.8) is 0 Å². The highest BCUT2D eigenvalue weighted by Crippen LogP contribution is 2.34. The molecule has 0 unspecified atom stereocenters. The maximum Gasteiger partial charge on any atom is 0.245 e. The number of pyridine rings is 1. The van der Waals surface area contributed by atoms with Crippen LogP contribution in [0.5, 0.6) is 0 Å². The van der Waals surface area contributed by atoms with Crippen LogP contribution >= 0.6 is 0 Å². The number of nitrogens with zero attached hydrogens (tertiary/aromatic N) is 4. The number of aryl methyl sites for hydroxylation is 2. The molecule has 0 spiro atoms. The smallest absolute Gasteiger partial charge is 0.245 e. The van der Waals surface area contributed by atoms with Gasteiger partial charge < -0.3 is 0 Å². The van der Waals surface area contributed by atoms with Crippen LogP contribution in [-0.2, 0) is 23.6 Å². The van der Waals surface area contributed by atoms with E-state index in [0.29, 0.717) is 6.54 Å². The minimum atomic E-state index is -3.53. The standard InChI is InChI=1S/C15H20N4O2S/c1-11-15(12(2)18(3)17-11)10-19(13-6-7-13)22(20,21)14-5-4-8-16-9-14/h4-5,8-9,13H,6-7,10H2,1-3H3. The van der Waals surface area contributed by atoms with E-state index in [1.54, 1.807) is 27.3 Å². The van der Waals surface area contributed by atoms with E-state index in [1.807, 2.05) is 20.9 Å². The van der Waals surface area contributed by atoms with Gasteiger partial charge in [-0.1, -0.05) is 0 Å². The Morgan fingerprint density at radius 1 is 1.36 bits per heavy atom. The van der Waals surface area contributed by atoms with Crippen molar-refractivity contribution in [2.24, 2.45) is 7.05 Å². The fourth-order valence-corrected chi connectivity index (χ4v) is 4.23. The topological polar surface area (TPSA) is 68.1 Å². The van der Waals surface area contributed by atoms with Crippen molar-refractivity contribution in [2.45, 2.75) is 44.2 Å². The molecule has 1 fully saturated rings. The summed E-state index contributed by atoms with van der Waals surface area (Å²) in [5, 5.41) is 4.38. The van der Waals surface area contributed by atoms with E-state index >= 15 is 0 Å². The minimum absolute atomic E-state index is 0.0872. The maximum atomic E-state index is 12.9. The van der Waals surface area contributed by atoms with Crippen molar-refractivity contribution < 1.29 is 8.42 Å². The molecule has 0 saturated heterocycles. The highest BCUT2D eigenvalue weighted by Gasteiger charge is 2.39. The molecule has 0 amide bonds. The second kappa shape index (κ2) is 5.48. The van der Waals surface area contributed by atoms with Crippen molar-refractivity contribution in [3.05, 3.63) is 41.5 Å².